The number of aliphatic hydroxyl groups excluding tert-OH is 1. The second-order valence-corrected chi connectivity index (χ2v) is 3.64. The van der Waals surface area contributed by atoms with Gasteiger partial charge in [-0.1, -0.05) is 6.92 Å². The molecular weight excluding hydrogens is 154 g/mol. The van der Waals surface area contributed by atoms with Crippen LogP contribution < -0.4 is 5.32 Å². The van der Waals surface area contributed by atoms with E-state index in [1.807, 2.05) is 6.92 Å². The van der Waals surface area contributed by atoms with Gasteiger partial charge in [0.15, 0.2) is 0 Å². The molecule has 12 heavy (non-hydrogen) atoms. The molecule has 0 radical (unpaired) electrons. The van der Waals surface area contributed by atoms with Gasteiger partial charge in [-0.25, -0.2) is 0 Å². The van der Waals surface area contributed by atoms with Crippen molar-refractivity contribution in [2.45, 2.75) is 31.8 Å². The summed E-state index contributed by atoms with van der Waals surface area (Å²) in [5, 5.41) is 22.4. The molecule has 3 nitrogen and oxygen atoms in total. The molecule has 0 amide bonds. The van der Waals surface area contributed by atoms with Crippen LogP contribution in [0, 0.1) is 5.92 Å². The maximum absolute atomic E-state index is 10.1. The van der Waals surface area contributed by atoms with E-state index in [1.54, 1.807) is 0 Å². The third-order valence-electron chi connectivity index (χ3n) is 2.94. The van der Waals surface area contributed by atoms with Crippen LogP contribution in [-0.4, -0.2) is 35.5 Å². The summed E-state index contributed by atoms with van der Waals surface area (Å²) in [6.07, 6.45) is 2.39. The largest absolute Gasteiger partial charge is 0.396 e. The van der Waals surface area contributed by atoms with Gasteiger partial charge in [0.1, 0.15) is 0 Å². The van der Waals surface area contributed by atoms with E-state index in [9.17, 15) is 5.11 Å². The highest BCUT2D eigenvalue weighted by molar-refractivity contribution is 4.89. The molecule has 1 aliphatic rings. The quantitative estimate of drug-likeness (QED) is 0.568. The SMILES string of the molecule is CCC(CO)C1(O)CCNCC1. The molecule has 1 atom stereocenters. The summed E-state index contributed by atoms with van der Waals surface area (Å²) in [4.78, 5) is 0. The Balaban J connectivity index is 2.53. The first-order chi connectivity index (χ1) is 5.73. The van der Waals surface area contributed by atoms with E-state index in [0.717, 1.165) is 32.4 Å². The van der Waals surface area contributed by atoms with Gasteiger partial charge in [0.25, 0.3) is 0 Å². The van der Waals surface area contributed by atoms with Crippen molar-refractivity contribution in [3.63, 3.8) is 0 Å². The fraction of sp³-hybridized carbons (Fsp3) is 1.00. The van der Waals surface area contributed by atoms with E-state index < -0.39 is 5.60 Å². The van der Waals surface area contributed by atoms with Crippen LogP contribution in [-0.2, 0) is 0 Å². The highest BCUT2D eigenvalue weighted by Gasteiger charge is 2.35. The van der Waals surface area contributed by atoms with Gasteiger partial charge in [-0.05, 0) is 32.4 Å². The van der Waals surface area contributed by atoms with E-state index in [2.05, 4.69) is 5.32 Å². The van der Waals surface area contributed by atoms with Crippen molar-refractivity contribution in [1.82, 2.24) is 5.32 Å². The zero-order valence-electron chi connectivity index (χ0n) is 7.71. The van der Waals surface area contributed by atoms with Crippen molar-refractivity contribution in [2.24, 2.45) is 5.92 Å². The second kappa shape index (κ2) is 4.21. The zero-order valence-corrected chi connectivity index (χ0v) is 7.71. The summed E-state index contributed by atoms with van der Waals surface area (Å²) in [5.41, 5.74) is -0.616. The third-order valence-corrected chi connectivity index (χ3v) is 2.94. The first kappa shape index (κ1) is 9.96. The Morgan fingerprint density at radius 1 is 1.42 bits per heavy atom. The lowest BCUT2D eigenvalue weighted by Gasteiger charge is -2.38. The lowest BCUT2D eigenvalue weighted by molar-refractivity contribution is -0.0625. The van der Waals surface area contributed by atoms with Gasteiger partial charge in [0, 0.05) is 12.5 Å². The molecule has 0 aromatic heterocycles. The Bertz CT molecular complexity index is 128. The first-order valence-electron chi connectivity index (χ1n) is 4.77. The lowest BCUT2D eigenvalue weighted by atomic mass is 9.79. The summed E-state index contributed by atoms with van der Waals surface area (Å²) < 4.78 is 0. The maximum Gasteiger partial charge on any atom is 0.0721 e. The predicted molar refractivity (Wildman–Crippen MR) is 47.9 cm³/mol. The Morgan fingerprint density at radius 2 is 2.00 bits per heavy atom. The molecule has 1 heterocycles. The minimum absolute atomic E-state index is 0.0552. The van der Waals surface area contributed by atoms with Crippen molar-refractivity contribution < 1.29 is 10.2 Å². The highest BCUT2D eigenvalue weighted by atomic mass is 16.3. The number of piperidine rings is 1. The van der Waals surface area contributed by atoms with Gasteiger partial charge < -0.3 is 15.5 Å². The molecule has 0 aromatic rings. The molecular formula is C9H19NO2. The molecule has 1 fully saturated rings. The molecule has 0 saturated carbocycles. The Hall–Kier alpha value is -0.120. The van der Waals surface area contributed by atoms with Gasteiger partial charge in [0.2, 0.25) is 0 Å². The molecule has 1 aliphatic heterocycles. The van der Waals surface area contributed by atoms with Gasteiger partial charge in [0.05, 0.1) is 5.60 Å². The normalized spacial score (nSPS) is 25.2. The van der Waals surface area contributed by atoms with E-state index in [0.29, 0.717) is 0 Å². The Morgan fingerprint density at radius 3 is 2.42 bits per heavy atom. The van der Waals surface area contributed by atoms with Crippen LogP contribution in [0.4, 0.5) is 0 Å². The Labute approximate surface area is 73.8 Å². The van der Waals surface area contributed by atoms with E-state index >= 15 is 0 Å². The molecule has 0 bridgehead atoms. The molecule has 0 spiro atoms. The van der Waals surface area contributed by atoms with Crippen LogP contribution >= 0.6 is 0 Å². The number of nitrogens with one attached hydrogen (secondary N) is 1. The van der Waals surface area contributed by atoms with Crippen LogP contribution in [0.15, 0.2) is 0 Å². The zero-order chi connectivity index (χ0) is 9.03. The molecule has 1 saturated heterocycles. The molecule has 0 aliphatic carbocycles. The molecule has 0 aromatic carbocycles. The second-order valence-electron chi connectivity index (χ2n) is 3.64. The lowest BCUT2D eigenvalue weighted by Crippen LogP contribution is -2.48. The third kappa shape index (κ3) is 1.97. The van der Waals surface area contributed by atoms with Crippen molar-refractivity contribution >= 4 is 0 Å². The fourth-order valence-corrected chi connectivity index (χ4v) is 1.95. The van der Waals surface area contributed by atoms with Crippen LogP contribution in [0.1, 0.15) is 26.2 Å². The number of hydrogen-bond acceptors (Lipinski definition) is 3. The van der Waals surface area contributed by atoms with Crippen LogP contribution in [0.5, 0.6) is 0 Å². The maximum atomic E-state index is 10.1. The smallest absolute Gasteiger partial charge is 0.0721 e. The summed E-state index contributed by atoms with van der Waals surface area (Å²) in [5.74, 6) is 0.0552. The molecule has 1 rings (SSSR count). The van der Waals surface area contributed by atoms with Gasteiger partial charge in [-0.3, -0.25) is 0 Å². The van der Waals surface area contributed by atoms with E-state index in [1.165, 1.54) is 0 Å². The van der Waals surface area contributed by atoms with Crippen molar-refractivity contribution in [3.8, 4) is 0 Å². The number of hydrogen-bond donors (Lipinski definition) is 3. The molecule has 3 N–H and O–H groups in total. The minimum Gasteiger partial charge on any atom is -0.396 e. The van der Waals surface area contributed by atoms with Gasteiger partial charge in [-0.2, -0.15) is 0 Å². The van der Waals surface area contributed by atoms with Crippen molar-refractivity contribution in [3.05, 3.63) is 0 Å². The van der Waals surface area contributed by atoms with E-state index in [4.69, 9.17) is 5.11 Å². The number of aliphatic hydroxyl groups is 2. The fourth-order valence-electron chi connectivity index (χ4n) is 1.95. The molecule has 72 valence electrons. The van der Waals surface area contributed by atoms with Gasteiger partial charge in [-0.15, -0.1) is 0 Å². The molecule has 1 unspecified atom stereocenters. The average molecular weight is 173 g/mol. The van der Waals surface area contributed by atoms with Crippen molar-refractivity contribution in [2.75, 3.05) is 19.7 Å². The summed E-state index contributed by atoms with van der Waals surface area (Å²) >= 11 is 0. The van der Waals surface area contributed by atoms with Crippen molar-refractivity contribution in [1.29, 1.82) is 0 Å². The summed E-state index contributed by atoms with van der Waals surface area (Å²) in [6.45, 7) is 3.86. The highest BCUT2D eigenvalue weighted by Crippen LogP contribution is 2.29. The average Bonchev–Trinajstić information content (AvgIpc) is 2.07. The topological polar surface area (TPSA) is 52.5 Å². The monoisotopic (exact) mass is 173 g/mol. The van der Waals surface area contributed by atoms with Crippen LogP contribution in [0.25, 0.3) is 0 Å². The van der Waals surface area contributed by atoms with Gasteiger partial charge >= 0.3 is 0 Å². The minimum atomic E-state index is -0.616. The van der Waals surface area contributed by atoms with Crippen LogP contribution in [0.2, 0.25) is 0 Å². The Kier molecular flexibility index (Phi) is 3.50. The predicted octanol–water partition coefficient (Wildman–Crippen LogP) is 0.119. The standard InChI is InChI=1S/C9H19NO2/c1-2-8(7-11)9(12)3-5-10-6-4-9/h8,10-12H,2-7H2,1H3. The summed E-state index contributed by atoms with van der Waals surface area (Å²) in [7, 11) is 0. The summed E-state index contributed by atoms with van der Waals surface area (Å²) in [6, 6.07) is 0. The van der Waals surface area contributed by atoms with Crippen LogP contribution in [0.3, 0.4) is 0 Å². The number of rotatable bonds is 3. The van der Waals surface area contributed by atoms with E-state index in [-0.39, 0.29) is 12.5 Å². The molecule has 3 heteroatoms. The first-order valence-corrected chi connectivity index (χ1v) is 4.77.